The van der Waals surface area contributed by atoms with Crippen molar-refractivity contribution in [1.82, 2.24) is 9.47 Å². The van der Waals surface area contributed by atoms with Crippen LogP contribution in [-0.2, 0) is 7.05 Å². The summed E-state index contributed by atoms with van der Waals surface area (Å²) >= 11 is 0. The molecule has 0 saturated carbocycles. The van der Waals surface area contributed by atoms with E-state index >= 15 is 0 Å². The van der Waals surface area contributed by atoms with E-state index in [1.165, 1.54) is 0 Å². The highest BCUT2D eigenvalue weighted by Crippen LogP contribution is 2.44. The van der Waals surface area contributed by atoms with Crippen LogP contribution in [0.15, 0.2) is 42.5 Å². The number of aliphatic hydroxyl groups is 2. The summed E-state index contributed by atoms with van der Waals surface area (Å²) in [6.07, 6.45) is 1.24. The van der Waals surface area contributed by atoms with Crippen LogP contribution in [-0.4, -0.2) is 52.0 Å². The number of aryl methyl sites for hydroxylation is 1. The zero-order valence-corrected chi connectivity index (χ0v) is 19.0. The zero-order chi connectivity index (χ0) is 22.5. The Hall–Kier alpha value is -2.54. The molecule has 170 valence electrons. The van der Waals surface area contributed by atoms with E-state index in [2.05, 4.69) is 16.4 Å². The molecule has 0 radical (unpaired) electrons. The molecule has 6 heteroatoms. The van der Waals surface area contributed by atoms with Crippen molar-refractivity contribution in [2.45, 2.75) is 44.0 Å². The number of piperidine rings is 1. The number of aliphatic hydroxyl groups excluding tert-OH is 2. The van der Waals surface area contributed by atoms with Crippen LogP contribution in [0.3, 0.4) is 0 Å². The summed E-state index contributed by atoms with van der Waals surface area (Å²) in [5, 5.41) is 22.9. The molecular formula is C26H32N2O4. The third-order valence-corrected chi connectivity index (χ3v) is 7.45. The molecule has 1 aromatic heterocycles. The molecule has 5 rings (SSSR count). The Kier molecular flexibility index (Phi) is 5.40. The van der Waals surface area contributed by atoms with Crippen LogP contribution in [0, 0.1) is 6.92 Å². The van der Waals surface area contributed by atoms with Crippen molar-refractivity contribution < 1.29 is 19.7 Å². The average molecular weight is 437 g/mol. The average Bonchev–Trinajstić information content (AvgIpc) is 3.05. The van der Waals surface area contributed by atoms with Crippen molar-refractivity contribution in [3.8, 4) is 11.5 Å². The lowest BCUT2D eigenvalue weighted by molar-refractivity contribution is -0.0587. The van der Waals surface area contributed by atoms with Gasteiger partial charge in [0.2, 0.25) is 0 Å². The summed E-state index contributed by atoms with van der Waals surface area (Å²) in [4.78, 5) is 2.31. The molecule has 3 heterocycles. The van der Waals surface area contributed by atoms with Crippen LogP contribution in [0.25, 0.3) is 10.9 Å². The van der Waals surface area contributed by atoms with Crippen molar-refractivity contribution >= 4 is 10.9 Å². The minimum absolute atomic E-state index is 0.321. The predicted molar refractivity (Wildman–Crippen MR) is 124 cm³/mol. The lowest BCUT2D eigenvalue weighted by atomic mass is 9.81. The Balaban J connectivity index is 1.31. The Morgan fingerprint density at radius 2 is 1.94 bits per heavy atom. The monoisotopic (exact) mass is 436 g/mol. The molecule has 0 unspecified atom stereocenters. The number of likely N-dealkylation sites (tertiary alicyclic amines) is 1. The van der Waals surface area contributed by atoms with Gasteiger partial charge in [0.25, 0.3) is 0 Å². The van der Waals surface area contributed by atoms with Crippen LogP contribution in [0.2, 0.25) is 0 Å². The van der Waals surface area contributed by atoms with Crippen molar-refractivity contribution in [1.29, 1.82) is 0 Å². The number of aromatic nitrogens is 1. The number of ether oxygens (including phenoxy) is 2. The summed E-state index contributed by atoms with van der Waals surface area (Å²) in [6, 6.07) is 13.8. The van der Waals surface area contributed by atoms with Crippen LogP contribution < -0.4 is 9.47 Å². The number of benzene rings is 2. The predicted octanol–water partition coefficient (Wildman–Crippen LogP) is 3.88. The minimum atomic E-state index is -0.585. The Bertz CT molecular complexity index is 1130. The van der Waals surface area contributed by atoms with E-state index in [1.54, 1.807) is 7.11 Å². The number of β-amino-alcohol motifs (C(OH)–C–C–N with tert-alkyl or cyclic N) is 1. The highest BCUT2D eigenvalue weighted by Gasteiger charge is 2.43. The number of hydrogen-bond acceptors (Lipinski definition) is 5. The summed E-state index contributed by atoms with van der Waals surface area (Å²) < 4.78 is 14.0. The third kappa shape index (κ3) is 3.56. The minimum Gasteiger partial charge on any atom is -0.497 e. The van der Waals surface area contributed by atoms with Crippen molar-refractivity contribution in [2.24, 2.45) is 7.05 Å². The lowest BCUT2D eigenvalue weighted by Gasteiger charge is -2.46. The molecule has 0 aliphatic carbocycles. The van der Waals surface area contributed by atoms with Gasteiger partial charge in [-0.25, -0.2) is 0 Å². The largest absolute Gasteiger partial charge is 0.497 e. The fourth-order valence-corrected chi connectivity index (χ4v) is 5.50. The fourth-order valence-electron chi connectivity index (χ4n) is 5.50. The van der Waals surface area contributed by atoms with E-state index in [0.29, 0.717) is 13.0 Å². The van der Waals surface area contributed by atoms with E-state index in [-0.39, 0.29) is 5.60 Å². The molecule has 2 atom stereocenters. The van der Waals surface area contributed by atoms with Gasteiger partial charge in [0.1, 0.15) is 17.1 Å². The standard InChI is InChI=1S/C26H32N2O4/c1-17-25(20-14-18(31-3)8-9-21(20)27(17)2)23(30)16-28-12-10-26(11-13-28)15-22(29)19-6-4-5-7-24(19)32-26/h4-9,14,22-23,29-30H,10-13,15-16H2,1-3H3/t22-,23+/m0/s1. The van der Waals surface area contributed by atoms with Crippen LogP contribution in [0.4, 0.5) is 0 Å². The number of hydrogen-bond donors (Lipinski definition) is 2. The number of para-hydroxylation sites is 1. The number of rotatable bonds is 4. The van der Waals surface area contributed by atoms with Gasteiger partial charge in [0.05, 0.1) is 19.3 Å². The van der Waals surface area contributed by atoms with E-state index < -0.39 is 12.2 Å². The molecule has 32 heavy (non-hydrogen) atoms. The Morgan fingerprint density at radius 3 is 2.69 bits per heavy atom. The SMILES string of the molecule is COc1ccc2c(c1)c([C@H](O)CN1CCC3(CC1)C[C@H](O)c1ccccc1O3)c(C)n2C. The van der Waals surface area contributed by atoms with Crippen LogP contribution in [0.1, 0.15) is 48.3 Å². The fraction of sp³-hybridized carbons (Fsp3) is 0.462. The summed E-state index contributed by atoms with van der Waals surface area (Å²) in [5.41, 5.74) is 3.71. The summed E-state index contributed by atoms with van der Waals surface area (Å²) in [6.45, 7) is 4.30. The molecule has 6 nitrogen and oxygen atoms in total. The molecule has 3 aromatic rings. The van der Waals surface area contributed by atoms with Crippen molar-refractivity contribution in [3.63, 3.8) is 0 Å². The highest BCUT2D eigenvalue weighted by atomic mass is 16.5. The third-order valence-electron chi connectivity index (χ3n) is 7.45. The van der Waals surface area contributed by atoms with Gasteiger partial charge in [-0.3, -0.25) is 0 Å². The topological polar surface area (TPSA) is 67.1 Å². The Labute approximate surface area is 189 Å². The van der Waals surface area contributed by atoms with E-state index in [4.69, 9.17) is 9.47 Å². The molecule has 2 aliphatic heterocycles. The van der Waals surface area contributed by atoms with Gasteiger partial charge >= 0.3 is 0 Å². The molecule has 0 amide bonds. The van der Waals surface area contributed by atoms with E-state index in [9.17, 15) is 10.2 Å². The second-order valence-corrected chi connectivity index (χ2v) is 9.30. The van der Waals surface area contributed by atoms with E-state index in [0.717, 1.165) is 65.2 Å². The van der Waals surface area contributed by atoms with Gasteiger partial charge in [-0.15, -0.1) is 0 Å². The maximum absolute atomic E-state index is 11.2. The molecule has 2 aliphatic rings. The number of nitrogens with zero attached hydrogens (tertiary/aromatic N) is 2. The molecule has 2 aromatic carbocycles. The maximum Gasteiger partial charge on any atom is 0.125 e. The van der Waals surface area contributed by atoms with Crippen LogP contribution >= 0.6 is 0 Å². The van der Waals surface area contributed by atoms with Gasteiger partial charge < -0.3 is 29.2 Å². The Morgan fingerprint density at radius 1 is 1.19 bits per heavy atom. The molecule has 1 fully saturated rings. The van der Waals surface area contributed by atoms with Gasteiger partial charge in [-0.1, -0.05) is 18.2 Å². The second-order valence-electron chi connectivity index (χ2n) is 9.30. The molecular weight excluding hydrogens is 404 g/mol. The number of methoxy groups -OCH3 is 1. The first-order valence-electron chi connectivity index (χ1n) is 11.4. The van der Waals surface area contributed by atoms with Crippen LogP contribution in [0.5, 0.6) is 11.5 Å². The van der Waals surface area contributed by atoms with Gasteiger partial charge in [0, 0.05) is 60.8 Å². The van der Waals surface area contributed by atoms with Crippen molar-refractivity contribution in [2.75, 3.05) is 26.7 Å². The summed E-state index contributed by atoms with van der Waals surface area (Å²) in [7, 11) is 3.70. The van der Waals surface area contributed by atoms with Gasteiger partial charge in [-0.2, -0.15) is 0 Å². The van der Waals surface area contributed by atoms with E-state index in [1.807, 2.05) is 49.5 Å². The number of fused-ring (bicyclic) bond motifs is 2. The smallest absolute Gasteiger partial charge is 0.125 e. The lowest BCUT2D eigenvalue weighted by Crippen LogP contribution is -2.51. The second kappa shape index (κ2) is 8.10. The van der Waals surface area contributed by atoms with Crippen molar-refractivity contribution in [3.05, 3.63) is 59.3 Å². The molecule has 1 saturated heterocycles. The maximum atomic E-state index is 11.2. The highest BCUT2D eigenvalue weighted by molar-refractivity contribution is 5.87. The quantitative estimate of drug-likeness (QED) is 0.650. The molecule has 2 N–H and O–H groups in total. The normalized spacial score (nSPS) is 21.3. The first-order valence-corrected chi connectivity index (χ1v) is 11.4. The first kappa shape index (κ1) is 21.3. The zero-order valence-electron chi connectivity index (χ0n) is 19.0. The van der Waals surface area contributed by atoms with Gasteiger partial charge in [0.15, 0.2) is 0 Å². The molecule has 0 bridgehead atoms. The molecule has 1 spiro atoms. The first-order chi connectivity index (χ1) is 15.4. The van der Waals surface area contributed by atoms with Gasteiger partial charge in [-0.05, 0) is 44.0 Å². The summed E-state index contributed by atoms with van der Waals surface area (Å²) in [5.74, 6) is 1.60.